The lowest BCUT2D eigenvalue weighted by molar-refractivity contribution is -0.143. The van der Waals surface area contributed by atoms with Crippen LogP contribution in [0.25, 0.3) is 5.69 Å². The summed E-state index contributed by atoms with van der Waals surface area (Å²) in [6.45, 7) is 2.88. The van der Waals surface area contributed by atoms with Gasteiger partial charge in [-0.15, -0.1) is 0 Å². The number of nitrogens with zero attached hydrogens (tertiary/aromatic N) is 3. The maximum atomic E-state index is 12.4. The summed E-state index contributed by atoms with van der Waals surface area (Å²) in [7, 11) is 0. The standard InChI is InChI=1S/C17H20N4O3/c1-12-4-2-3-5-14(12)21-15(6-9-18-21)19-17(24)20-10-7-13(8-11-20)16(22)23/h2-6,9,13H,7-8,10-11H2,1H3,(H,19,24)(H,22,23). The zero-order valence-electron chi connectivity index (χ0n) is 13.5. The zero-order chi connectivity index (χ0) is 17.1. The van der Waals surface area contributed by atoms with Gasteiger partial charge in [0.15, 0.2) is 0 Å². The van der Waals surface area contributed by atoms with Gasteiger partial charge in [0, 0.05) is 19.2 Å². The van der Waals surface area contributed by atoms with Gasteiger partial charge in [-0.1, -0.05) is 18.2 Å². The van der Waals surface area contributed by atoms with Gasteiger partial charge in [0.25, 0.3) is 0 Å². The number of piperidine rings is 1. The number of aryl methyl sites for hydroxylation is 1. The summed E-state index contributed by atoms with van der Waals surface area (Å²) in [5.41, 5.74) is 1.96. The average Bonchev–Trinajstić information content (AvgIpc) is 3.03. The van der Waals surface area contributed by atoms with Crippen molar-refractivity contribution in [3.8, 4) is 5.69 Å². The number of aliphatic carboxylic acids is 1. The highest BCUT2D eigenvalue weighted by atomic mass is 16.4. The quantitative estimate of drug-likeness (QED) is 0.906. The summed E-state index contributed by atoms with van der Waals surface area (Å²) >= 11 is 0. The van der Waals surface area contributed by atoms with E-state index in [0.29, 0.717) is 31.7 Å². The van der Waals surface area contributed by atoms with Crippen LogP contribution in [0.4, 0.5) is 10.6 Å². The van der Waals surface area contributed by atoms with Gasteiger partial charge < -0.3 is 10.0 Å². The Hall–Kier alpha value is -2.83. The van der Waals surface area contributed by atoms with Crippen LogP contribution in [0.15, 0.2) is 36.5 Å². The van der Waals surface area contributed by atoms with E-state index in [1.165, 1.54) is 0 Å². The molecule has 1 aliphatic rings. The predicted molar refractivity (Wildman–Crippen MR) is 89.3 cm³/mol. The van der Waals surface area contributed by atoms with Crippen molar-refractivity contribution in [3.05, 3.63) is 42.1 Å². The molecule has 0 bridgehead atoms. The lowest BCUT2D eigenvalue weighted by Gasteiger charge is -2.30. The summed E-state index contributed by atoms with van der Waals surface area (Å²) in [6.07, 6.45) is 2.61. The highest BCUT2D eigenvalue weighted by Gasteiger charge is 2.27. The molecule has 1 saturated heterocycles. The first kappa shape index (κ1) is 16.0. The summed E-state index contributed by atoms with van der Waals surface area (Å²) in [5, 5.41) is 16.2. The Kier molecular flexibility index (Phi) is 4.50. The second-order valence-corrected chi connectivity index (χ2v) is 5.94. The Morgan fingerprint density at radius 3 is 2.58 bits per heavy atom. The molecule has 0 aliphatic carbocycles. The van der Waals surface area contributed by atoms with E-state index in [1.54, 1.807) is 21.8 Å². The number of aromatic nitrogens is 2. The Bertz CT molecular complexity index is 748. The average molecular weight is 328 g/mol. The molecule has 1 aromatic heterocycles. The van der Waals surface area contributed by atoms with Crippen LogP contribution in [0.3, 0.4) is 0 Å². The smallest absolute Gasteiger partial charge is 0.323 e. The number of likely N-dealkylation sites (tertiary alicyclic amines) is 1. The number of benzene rings is 1. The molecule has 2 aromatic rings. The van der Waals surface area contributed by atoms with Gasteiger partial charge in [0.05, 0.1) is 17.8 Å². The summed E-state index contributed by atoms with van der Waals surface area (Å²) < 4.78 is 1.69. The number of nitrogens with one attached hydrogen (secondary N) is 1. The number of hydrogen-bond acceptors (Lipinski definition) is 3. The molecule has 2 amide bonds. The number of hydrogen-bond donors (Lipinski definition) is 2. The van der Waals surface area contributed by atoms with Gasteiger partial charge in [0.1, 0.15) is 5.82 Å². The van der Waals surface area contributed by atoms with Crippen LogP contribution in [-0.4, -0.2) is 44.9 Å². The Morgan fingerprint density at radius 2 is 1.92 bits per heavy atom. The highest BCUT2D eigenvalue weighted by Crippen LogP contribution is 2.21. The Morgan fingerprint density at radius 1 is 1.21 bits per heavy atom. The molecule has 24 heavy (non-hydrogen) atoms. The summed E-state index contributed by atoms with van der Waals surface area (Å²) in [6, 6.07) is 9.32. The van der Waals surface area contributed by atoms with Crippen LogP contribution >= 0.6 is 0 Å². The molecule has 1 fully saturated rings. The van der Waals surface area contributed by atoms with Gasteiger partial charge >= 0.3 is 12.0 Å². The SMILES string of the molecule is Cc1ccccc1-n1nccc1NC(=O)N1CCC(C(=O)O)CC1. The molecule has 0 spiro atoms. The van der Waals surface area contributed by atoms with E-state index in [1.807, 2.05) is 31.2 Å². The number of carboxylic acid groups (broad SMARTS) is 1. The number of carbonyl (C=O) groups excluding carboxylic acids is 1. The zero-order valence-corrected chi connectivity index (χ0v) is 13.5. The van der Waals surface area contributed by atoms with E-state index < -0.39 is 5.97 Å². The van der Waals surface area contributed by atoms with E-state index in [-0.39, 0.29) is 11.9 Å². The lowest BCUT2D eigenvalue weighted by atomic mass is 9.97. The molecular formula is C17H20N4O3. The van der Waals surface area contributed by atoms with Gasteiger partial charge in [-0.2, -0.15) is 5.10 Å². The van der Waals surface area contributed by atoms with Crippen LogP contribution in [0.2, 0.25) is 0 Å². The van der Waals surface area contributed by atoms with Crippen molar-refractivity contribution in [1.82, 2.24) is 14.7 Å². The largest absolute Gasteiger partial charge is 0.481 e. The molecule has 126 valence electrons. The maximum absolute atomic E-state index is 12.4. The number of anilines is 1. The maximum Gasteiger partial charge on any atom is 0.323 e. The first-order valence-electron chi connectivity index (χ1n) is 7.95. The molecule has 2 N–H and O–H groups in total. The number of amides is 2. The molecule has 0 saturated carbocycles. The monoisotopic (exact) mass is 328 g/mol. The van der Waals surface area contributed by atoms with E-state index in [2.05, 4.69) is 10.4 Å². The minimum absolute atomic E-state index is 0.228. The fraction of sp³-hybridized carbons (Fsp3) is 0.353. The number of rotatable bonds is 3. The van der Waals surface area contributed by atoms with E-state index in [9.17, 15) is 9.59 Å². The summed E-state index contributed by atoms with van der Waals surface area (Å²) in [5.74, 6) is -0.547. The molecule has 1 aliphatic heterocycles. The topological polar surface area (TPSA) is 87.5 Å². The van der Waals surface area contributed by atoms with Crippen LogP contribution in [0.1, 0.15) is 18.4 Å². The van der Waals surface area contributed by atoms with Crippen LogP contribution in [0, 0.1) is 12.8 Å². The third-order valence-electron chi connectivity index (χ3n) is 4.35. The van der Waals surface area contributed by atoms with Crippen molar-refractivity contribution in [1.29, 1.82) is 0 Å². The number of para-hydroxylation sites is 1. The molecule has 7 nitrogen and oxygen atoms in total. The third kappa shape index (κ3) is 3.24. The molecule has 7 heteroatoms. The molecule has 2 heterocycles. The van der Waals surface area contributed by atoms with E-state index in [0.717, 1.165) is 11.3 Å². The van der Waals surface area contributed by atoms with Crippen molar-refractivity contribution in [2.75, 3.05) is 18.4 Å². The molecule has 0 unspecified atom stereocenters. The number of carbonyl (C=O) groups is 2. The van der Waals surface area contributed by atoms with Crippen molar-refractivity contribution in [2.45, 2.75) is 19.8 Å². The van der Waals surface area contributed by atoms with Crippen molar-refractivity contribution < 1.29 is 14.7 Å². The van der Waals surface area contributed by atoms with E-state index >= 15 is 0 Å². The van der Waals surface area contributed by atoms with Crippen molar-refractivity contribution >= 4 is 17.8 Å². The van der Waals surface area contributed by atoms with Gasteiger partial charge in [0.2, 0.25) is 0 Å². The number of urea groups is 1. The second kappa shape index (κ2) is 6.74. The molecule has 1 aromatic carbocycles. The number of carboxylic acids is 1. The fourth-order valence-corrected chi connectivity index (χ4v) is 2.91. The first-order chi connectivity index (χ1) is 11.6. The highest BCUT2D eigenvalue weighted by molar-refractivity contribution is 5.89. The first-order valence-corrected chi connectivity index (χ1v) is 7.95. The van der Waals surface area contributed by atoms with Gasteiger partial charge in [-0.25, -0.2) is 9.48 Å². The normalized spacial score (nSPS) is 15.3. The molecule has 0 radical (unpaired) electrons. The van der Waals surface area contributed by atoms with Crippen molar-refractivity contribution in [3.63, 3.8) is 0 Å². The fourth-order valence-electron chi connectivity index (χ4n) is 2.91. The van der Waals surface area contributed by atoms with E-state index in [4.69, 9.17) is 5.11 Å². The second-order valence-electron chi connectivity index (χ2n) is 5.94. The molecule has 0 atom stereocenters. The van der Waals surface area contributed by atoms with Crippen LogP contribution in [0.5, 0.6) is 0 Å². The summed E-state index contributed by atoms with van der Waals surface area (Å²) in [4.78, 5) is 25.1. The third-order valence-corrected chi connectivity index (χ3v) is 4.35. The Balaban J connectivity index is 1.70. The lowest BCUT2D eigenvalue weighted by Crippen LogP contribution is -2.42. The minimum Gasteiger partial charge on any atom is -0.481 e. The van der Waals surface area contributed by atoms with Gasteiger partial charge in [-0.05, 0) is 31.4 Å². The molecule has 3 rings (SSSR count). The Labute approximate surface area is 139 Å². The predicted octanol–water partition coefficient (Wildman–Crippen LogP) is 2.51. The van der Waals surface area contributed by atoms with Crippen molar-refractivity contribution in [2.24, 2.45) is 5.92 Å². The van der Waals surface area contributed by atoms with Crippen LogP contribution in [-0.2, 0) is 4.79 Å². The molecular weight excluding hydrogens is 308 g/mol. The van der Waals surface area contributed by atoms with Crippen LogP contribution < -0.4 is 5.32 Å². The minimum atomic E-state index is -0.785. The van der Waals surface area contributed by atoms with Gasteiger partial charge in [-0.3, -0.25) is 10.1 Å².